The molecule has 11 heteroatoms. The van der Waals surface area contributed by atoms with E-state index in [9.17, 15) is 22.8 Å². The first kappa shape index (κ1) is 22.6. The van der Waals surface area contributed by atoms with Crippen molar-refractivity contribution in [3.05, 3.63) is 63.6 Å². The molecule has 1 saturated heterocycles. The lowest BCUT2D eigenvalue weighted by molar-refractivity contribution is -0.145. The maximum Gasteiger partial charge on any atom is 0.326 e. The molecule has 0 aliphatic carbocycles. The Hall–Kier alpha value is -2.60. The maximum absolute atomic E-state index is 12.6. The second kappa shape index (κ2) is 9.10. The second-order valence-corrected chi connectivity index (χ2v) is 10.1. The highest BCUT2D eigenvalue weighted by Crippen LogP contribution is 2.26. The van der Waals surface area contributed by atoms with Crippen LogP contribution in [0.5, 0.6) is 0 Å². The summed E-state index contributed by atoms with van der Waals surface area (Å²) in [6, 6.07) is 10.7. The summed E-state index contributed by atoms with van der Waals surface area (Å²) in [4.78, 5) is 38.1. The highest BCUT2D eigenvalue weighted by atomic mass is 79.9. The molecule has 2 aromatic rings. The molecule has 4 rings (SSSR count). The monoisotopic (exact) mass is 522 g/mol. The van der Waals surface area contributed by atoms with Gasteiger partial charge in [0.05, 0.1) is 29.2 Å². The van der Waals surface area contributed by atoms with Gasteiger partial charge in [0.15, 0.2) is 0 Å². The van der Waals surface area contributed by atoms with Crippen molar-refractivity contribution in [1.29, 1.82) is 0 Å². The number of imide groups is 1. The van der Waals surface area contributed by atoms with Gasteiger partial charge in [0.2, 0.25) is 10.0 Å². The minimum atomic E-state index is -3.61. The summed E-state index contributed by atoms with van der Waals surface area (Å²) in [5, 5.41) is 0. The van der Waals surface area contributed by atoms with Crippen LogP contribution in [0.2, 0.25) is 0 Å². The first-order chi connectivity index (χ1) is 15.3. The van der Waals surface area contributed by atoms with Crippen molar-refractivity contribution >= 4 is 43.7 Å². The normalized spacial score (nSPS) is 16.8. The molecule has 2 heterocycles. The Bertz CT molecular complexity index is 1180. The minimum absolute atomic E-state index is 0.120. The van der Waals surface area contributed by atoms with Gasteiger partial charge in [0.1, 0.15) is 13.2 Å². The van der Waals surface area contributed by atoms with Crippen molar-refractivity contribution in [2.24, 2.45) is 0 Å². The minimum Gasteiger partial charge on any atom is -0.459 e. The topological polar surface area (TPSA) is 110 Å². The van der Waals surface area contributed by atoms with Gasteiger partial charge in [0.25, 0.3) is 11.8 Å². The lowest BCUT2D eigenvalue weighted by Gasteiger charge is -2.26. The van der Waals surface area contributed by atoms with Crippen molar-refractivity contribution < 1.29 is 32.3 Å². The summed E-state index contributed by atoms with van der Waals surface area (Å²) >= 11 is 3.25. The first-order valence-corrected chi connectivity index (χ1v) is 12.0. The number of hydrogen-bond acceptors (Lipinski definition) is 7. The molecule has 1 fully saturated rings. The molecule has 9 nitrogen and oxygen atoms in total. The first-order valence-electron chi connectivity index (χ1n) is 9.75. The lowest BCUT2D eigenvalue weighted by atomic mass is 10.1. The number of benzene rings is 2. The summed E-state index contributed by atoms with van der Waals surface area (Å²) in [5.41, 5.74) is 1.04. The average Bonchev–Trinajstić information content (AvgIpc) is 3.02. The van der Waals surface area contributed by atoms with Crippen LogP contribution in [-0.4, -0.2) is 68.3 Å². The van der Waals surface area contributed by atoms with Crippen molar-refractivity contribution in [3.8, 4) is 0 Å². The van der Waals surface area contributed by atoms with Crippen LogP contribution in [0.25, 0.3) is 0 Å². The zero-order valence-electron chi connectivity index (χ0n) is 16.8. The summed E-state index contributed by atoms with van der Waals surface area (Å²) in [7, 11) is -3.61. The number of fused-ring (bicyclic) bond motifs is 1. The predicted molar refractivity (Wildman–Crippen MR) is 115 cm³/mol. The molecule has 32 heavy (non-hydrogen) atoms. The quantitative estimate of drug-likeness (QED) is 0.420. The number of carbonyl (C=O) groups excluding carboxylic acids is 3. The van der Waals surface area contributed by atoms with Crippen molar-refractivity contribution in [2.75, 3.05) is 32.8 Å². The van der Waals surface area contributed by atoms with Crippen LogP contribution < -0.4 is 0 Å². The number of ether oxygens (including phenoxy) is 2. The standard InChI is InChI=1S/C21H19BrN2O7S/c22-15-3-6-17-18(11-15)21(27)24(20(17)26)12-19(25)31-13-14-1-4-16(5-2-14)32(28,29)23-7-9-30-10-8-23/h1-6,11H,7-10,12-13H2. The van der Waals surface area contributed by atoms with Gasteiger partial charge in [0, 0.05) is 17.6 Å². The highest BCUT2D eigenvalue weighted by Gasteiger charge is 2.37. The van der Waals surface area contributed by atoms with Gasteiger partial charge in [-0.3, -0.25) is 19.3 Å². The molecule has 0 aromatic heterocycles. The molecule has 0 N–H and O–H groups in total. The van der Waals surface area contributed by atoms with Crippen LogP contribution in [0, 0.1) is 0 Å². The van der Waals surface area contributed by atoms with Crippen LogP contribution in [0.1, 0.15) is 26.3 Å². The summed E-state index contributed by atoms with van der Waals surface area (Å²) < 4.78 is 37.7. The Kier molecular flexibility index (Phi) is 6.42. The SMILES string of the molecule is O=C(CN1C(=O)c2ccc(Br)cc2C1=O)OCc1ccc(S(=O)(=O)N2CCOCC2)cc1. The lowest BCUT2D eigenvalue weighted by Crippen LogP contribution is -2.40. The van der Waals surface area contributed by atoms with Crippen LogP contribution in [-0.2, 0) is 30.9 Å². The molecule has 0 radical (unpaired) electrons. The molecule has 2 aliphatic rings. The largest absolute Gasteiger partial charge is 0.459 e. The summed E-state index contributed by atoms with van der Waals surface area (Å²) in [5.74, 6) is -1.85. The van der Waals surface area contributed by atoms with E-state index in [4.69, 9.17) is 9.47 Å². The number of amides is 2. The predicted octanol–water partition coefficient (Wildman–Crippen LogP) is 1.81. The Labute approximate surface area is 193 Å². The molecular formula is C21H19BrN2O7S. The van der Waals surface area contributed by atoms with Crippen molar-refractivity contribution in [1.82, 2.24) is 9.21 Å². The average molecular weight is 523 g/mol. The van der Waals surface area contributed by atoms with E-state index in [-0.39, 0.29) is 22.6 Å². The number of nitrogens with zero attached hydrogens (tertiary/aromatic N) is 2. The van der Waals surface area contributed by atoms with E-state index in [0.29, 0.717) is 36.3 Å². The molecule has 0 spiro atoms. The number of halogens is 1. The number of carbonyl (C=O) groups is 3. The molecule has 2 aliphatic heterocycles. The van der Waals surface area contributed by atoms with Crippen molar-refractivity contribution in [2.45, 2.75) is 11.5 Å². The number of sulfonamides is 1. The fourth-order valence-electron chi connectivity index (χ4n) is 3.44. The number of rotatable bonds is 6. The Balaban J connectivity index is 1.35. The molecular weight excluding hydrogens is 504 g/mol. The zero-order chi connectivity index (χ0) is 22.9. The van der Waals surface area contributed by atoms with Crippen LogP contribution in [0.3, 0.4) is 0 Å². The maximum atomic E-state index is 12.6. The van der Waals surface area contributed by atoms with E-state index in [1.807, 2.05) is 0 Å². The van der Waals surface area contributed by atoms with E-state index >= 15 is 0 Å². The van der Waals surface area contributed by atoms with E-state index in [1.54, 1.807) is 18.2 Å². The number of hydrogen-bond donors (Lipinski definition) is 0. The van der Waals surface area contributed by atoms with Crippen LogP contribution in [0.4, 0.5) is 0 Å². The highest BCUT2D eigenvalue weighted by molar-refractivity contribution is 9.10. The Morgan fingerprint density at radius 1 is 1.00 bits per heavy atom. The van der Waals surface area contributed by atoms with Crippen LogP contribution in [0.15, 0.2) is 51.8 Å². The zero-order valence-corrected chi connectivity index (χ0v) is 19.2. The fourth-order valence-corrected chi connectivity index (χ4v) is 5.21. The molecule has 0 atom stereocenters. The molecule has 2 amide bonds. The Morgan fingerprint density at radius 3 is 2.34 bits per heavy atom. The third-order valence-electron chi connectivity index (χ3n) is 5.15. The van der Waals surface area contributed by atoms with E-state index < -0.39 is 34.4 Å². The van der Waals surface area contributed by atoms with Crippen LogP contribution >= 0.6 is 15.9 Å². The van der Waals surface area contributed by atoms with E-state index in [2.05, 4.69) is 15.9 Å². The van der Waals surface area contributed by atoms with E-state index in [0.717, 1.165) is 4.90 Å². The van der Waals surface area contributed by atoms with Gasteiger partial charge < -0.3 is 9.47 Å². The summed E-state index contributed by atoms with van der Waals surface area (Å²) in [6.07, 6.45) is 0. The third kappa shape index (κ3) is 4.46. The Morgan fingerprint density at radius 2 is 1.66 bits per heavy atom. The molecule has 0 unspecified atom stereocenters. The second-order valence-electron chi connectivity index (χ2n) is 7.21. The third-order valence-corrected chi connectivity index (χ3v) is 7.56. The molecule has 168 valence electrons. The summed E-state index contributed by atoms with van der Waals surface area (Å²) in [6.45, 7) is 0.696. The number of morpholine rings is 1. The van der Waals surface area contributed by atoms with Gasteiger partial charge in [-0.25, -0.2) is 8.42 Å². The van der Waals surface area contributed by atoms with Gasteiger partial charge in [-0.2, -0.15) is 4.31 Å². The molecule has 0 saturated carbocycles. The van der Waals surface area contributed by atoms with Crippen molar-refractivity contribution in [3.63, 3.8) is 0 Å². The van der Waals surface area contributed by atoms with Gasteiger partial charge in [-0.05, 0) is 35.9 Å². The smallest absolute Gasteiger partial charge is 0.326 e. The molecule has 0 bridgehead atoms. The van der Waals surface area contributed by atoms with Gasteiger partial charge >= 0.3 is 5.97 Å². The van der Waals surface area contributed by atoms with Gasteiger partial charge in [-0.15, -0.1) is 0 Å². The van der Waals surface area contributed by atoms with Gasteiger partial charge in [-0.1, -0.05) is 28.1 Å². The molecule has 2 aromatic carbocycles. The fraction of sp³-hybridized carbons (Fsp3) is 0.286. The number of esters is 1. The van der Waals surface area contributed by atoms with E-state index in [1.165, 1.54) is 28.6 Å².